The average molecular weight is 314 g/mol. The monoisotopic (exact) mass is 314 g/mol. The van der Waals surface area contributed by atoms with Crippen LogP contribution in [0.5, 0.6) is 0 Å². The maximum atomic E-state index is 13.3. The number of nitrogens with one attached hydrogen (secondary N) is 2. The van der Waals surface area contributed by atoms with Crippen molar-refractivity contribution < 1.29 is 12.8 Å². The van der Waals surface area contributed by atoms with Gasteiger partial charge in [-0.2, -0.15) is 0 Å². The molecule has 1 aromatic carbocycles. The minimum atomic E-state index is -3.67. The maximum Gasteiger partial charge on any atom is 0.271 e. The third-order valence-electron chi connectivity index (χ3n) is 2.55. The number of anilines is 1. The van der Waals surface area contributed by atoms with Crippen LogP contribution in [-0.2, 0) is 16.6 Å². The maximum absolute atomic E-state index is 13.3. The van der Waals surface area contributed by atoms with Gasteiger partial charge >= 0.3 is 0 Å². The van der Waals surface area contributed by atoms with E-state index in [9.17, 15) is 12.8 Å². The molecule has 0 radical (unpaired) electrons. The van der Waals surface area contributed by atoms with Crippen molar-refractivity contribution in [2.45, 2.75) is 17.7 Å². The summed E-state index contributed by atoms with van der Waals surface area (Å²) in [6, 6.07) is 7.39. The number of aryl methyl sites for hydroxylation is 1. The molecular formula is C13H15FN2O2S2. The molecule has 0 aliphatic carbocycles. The minimum Gasteiger partial charge on any atom is -0.315 e. The number of sulfonamides is 1. The number of benzene rings is 1. The second kappa shape index (κ2) is 5.90. The Bertz CT molecular complexity index is 691. The van der Waals surface area contributed by atoms with E-state index in [-0.39, 0.29) is 9.90 Å². The van der Waals surface area contributed by atoms with Gasteiger partial charge in [-0.25, -0.2) is 12.8 Å². The molecule has 0 fully saturated rings. The summed E-state index contributed by atoms with van der Waals surface area (Å²) in [5.41, 5.74) is 0.885. The summed E-state index contributed by atoms with van der Waals surface area (Å²) in [5.74, 6) is -0.468. The SMILES string of the molecule is CNCc1ccc(S(=O)(=O)Nc2cc(C)cc(F)c2)s1. The third-order valence-corrected chi connectivity index (χ3v) is 5.51. The van der Waals surface area contributed by atoms with Crippen molar-refractivity contribution in [1.82, 2.24) is 5.32 Å². The molecule has 1 heterocycles. The lowest BCUT2D eigenvalue weighted by atomic mass is 10.2. The summed E-state index contributed by atoms with van der Waals surface area (Å²) in [6.07, 6.45) is 0. The van der Waals surface area contributed by atoms with Crippen LogP contribution in [0.2, 0.25) is 0 Å². The molecule has 0 spiro atoms. The van der Waals surface area contributed by atoms with Crippen molar-refractivity contribution in [3.63, 3.8) is 0 Å². The Hall–Kier alpha value is -1.44. The molecule has 20 heavy (non-hydrogen) atoms. The van der Waals surface area contributed by atoms with Gasteiger partial charge in [0.15, 0.2) is 0 Å². The molecule has 0 bridgehead atoms. The molecule has 0 atom stereocenters. The molecule has 0 aliphatic rings. The van der Waals surface area contributed by atoms with Crippen molar-refractivity contribution >= 4 is 27.0 Å². The first-order valence-corrected chi connectivity index (χ1v) is 8.24. The fourth-order valence-corrected chi connectivity index (χ4v) is 4.18. The largest absolute Gasteiger partial charge is 0.315 e. The fraction of sp³-hybridized carbons (Fsp3) is 0.231. The normalized spacial score (nSPS) is 11.6. The number of hydrogen-bond acceptors (Lipinski definition) is 4. The summed E-state index contributed by atoms with van der Waals surface area (Å²) in [7, 11) is -1.88. The van der Waals surface area contributed by atoms with Gasteiger partial charge in [-0.15, -0.1) is 11.3 Å². The molecule has 0 aliphatic heterocycles. The van der Waals surface area contributed by atoms with Crippen molar-refractivity contribution in [3.8, 4) is 0 Å². The number of hydrogen-bond donors (Lipinski definition) is 2. The number of thiophene rings is 1. The van der Waals surface area contributed by atoms with Crippen LogP contribution < -0.4 is 10.0 Å². The van der Waals surface area contributed by atoms with Gasteiger partial charge in [0.25, 0.3) is 10.0 Å². The Kier molecular flexibility index (Phi) is 4.42. The highest BCUT2D eigenvalue weighted by Crippen LogP contribution is 2.24. The van der Waals surface area contributed by atoms with Crippen LogP contribution in [0.15, 0.2) is 34.5 Å². The van der Waals surface area contributed by atoms with Gasteiger partial charge in [-0.1, -0.05) is 0 Å². The van der Waals surface area contributed by atoms with Gasteiger partial charge in [-0.05, 0) is 49.9 Å². The van der Waals surface area contributed by atoms with E-state index in [2.05, 4.69) is 10.0 Å². The van der Waals surface area contributed by atoms with Crippen LogP contribution in [0, 0.1) is 12.7 Å². The lowest BCUT2D eigenvalue weighted by molar-refractivity contribution is 0.603. The van der Waals surface area contributed by atoms with Crippen molar-refractivity contribution in [1.29, 1.82) is 0 Å². The number of halogens is 1. The highest BCUT2D eigenvalue weighted by molar-refractivity contribution is 7.94. The molecule has 108 valence electrons. The van der Waals surface area contributed by atoms with Crippen LogP contribution in [-0.4, -0.2) is 15.5 Å². The van der Waals surface area contributed by atoms with Crippen LogP contribution in [0.25, 0.3) is 0 Å². The molecule has 0 saturated heterocycles. The lowest BCUT2D eigenvalue weighted by Gasteiger charge is -2.07. The Morgan fingerprint density at radius 2 is 2.00 bits per heavy atom. The van der Waals surface area contributed by atoms with Crippen LogP contribution in [0.3, 0.4) is 0 Å². The average Bonchev–Trinajstić information content (AvgIpc) is 2.76. The molecule has 4 nitrogen and oxygen atoms in total. The smallest absolute Gasteiger partial charge is 0.271 e. The summed E-state index contributed by atoms with van der Waals surface area (Å²) >= 11 is 1.19. The van der Waals surface area contributed by atoms with E-state index in [1.807, 2.05) is 0 Å². The summed E-state index contributed by atoms with van der Waals surface area (Å²) in [4.78, 5) is 0.920. The van der Waals surface area contributed by atoms with E-state index < -0.39 is 15.8 Å². The quantitative estimate of drug-likeness (QED) is 0.892. The zero-order valence-corrected chi connectivity index (χ0v) is 12.7. The number of rotatable bonds is 5. The van der Waals surface area contributed by atoms with E-state index >= 15 is 0 Å². The zero-order chi connectivity index (χ0) is 14.8. The zero-order valence-electron chi connectivity index (χ0n) is 11.1. The molecule has 0 unspecified atom stereocenters. The van der Waals surface area contributed by atoms with Crippen molar-refractivity contribution in [2.75, 3.05) is 11.8 Å². The van der Waals surface area contributed by atoms with E-state index in [4.69, 9.17) is 0 Å². The Morgan fingerprint density at radius 1 is 1.25 bits per heavy atom. The van der Waals surface area contributed by atoms with Gasteiger partial charge in [0.05, 0.1) is 5.69 Å². The second-order valence-corrected chi connectivity index (χ2v) is 7.45. The van der Waals surface area contributed by atoms with Gasteiger partial charge in [0.2, 0.25) is 0 Å². The van der Waals surface area contributed by atoms with Crippen LogP contribution >= 0.6 is 11.3 Å². The standard InChI is InChI=1S/C13H15FN2O2S2/c1-9-5-10(14)7-11(6-9)16-20(17,18)13-4-3-12(19-13)8-15-2/h3-7,15-16H,8H2,1-2H3. The first-order chi connectivity index (χ1) is 9.40. The van der Waals surface area contributed by atoms with Crippen molar-refractivity contribution in [3.05, 3.63) is 46.6 Å². The van der Waals surface area contributed by atoms with Crippen molar-refractivity contribution in [2.24, 2.45) is 0 Å². The second-order valence-electron chi connectivity index (χ2n) is 4.37. The Morgan fingerprint density at radius 3 is 2.65 bits per heavy atom. The Labute approximate surface area is 121 Å². The molecular weight excluding hydrogens is 299 g/mol. The van der Waals surface area contributed by atoms with E-state index in [0.717, 1.165) is 10.9 Å². The Balaban J connectivity index is 2.25. The van der Waals surface area contributed by atoms with E-state index in [1.54, 1.807) is 32.2 Å². The molecule has 1 aromatic heterocycles. The first kappa shape index (κ1) is 15.0. The first-order valence-electron chi connectivity index (χ1n) is 5.94. The molecule has 2 aromatic rings. The van der Waals surface area contributed by atoms with E-state index in [0.29, 0.717) is 12.1 Å². The van der Waals surface area contributed by atoms with Crippen LogP contribution in [0.1, 0.15) is 10.4 Å². The lowest BCUT2D eigenvalue weighted by Crippen LogP contribution is -2.11. The molecule has 2 rings (SSSR count). The third kappa shape index (κ3) is 3.56. The van der Waals surface area contributed by atoms with Gasteiger partial charge in [-0.3, -0.25) is 4.72 Å². The van der Waals surface area contributed by atoms with Gasteiger partial charge in [0.1, 0.15) is 10.0 Å². The fourth-order valence-electron chi connectivity index (χ4n) is 1.77. The summed E-state index contributed by atoms with van der Waals surface area (Å²) in [6.45, 7) is 2.32. The summed E-state index contributed by atoms with van der Waals surface area (Å²) < 4.78 is 40.3. The molecule has 2 N–H and O–H groups in total. The van der Waals surface area contributed by atoms with E-state index in [1.165, 1.54) is 17.4 Å². The minimum absolute atomic E-state index is 0.213. The van der Waals surface area contributed by atoms with Gasteiger partial charge < -0.3 is 5.32 Å². The van der Waals surface area contributed by atoms with Crippen LogP contribution in [0.4, 0.5) is 10.1 Å². The van der Waals surface area contributed by atoms with Gasteiger partial charge in [0, 0.05) is 11.4 Å². The predicted molar refractivity (Wildman–Crippen MR) is 79.0 cm³/mol. The highest BCUT2D eigenvalue weighted by atomic mass is 32.2. The predicted octanol–water partition coefficient (Wildman–Crippen LogP) is 2.72. The topological polar surface area (TPSA) is 58.2 Å². The summed E-state index contributed by atoms with van der Waals surface area (Å²) in [5, 5.41) is 2.96. The molecule has 0 saturated carbocycles. The molecule has 0 amide bonds. The molecule has 7 heteroatoms. The highest BCUT2D eigenvalue weighted by Gasteiger charge is 2.17.